The fraction of sp³-hybridized carbons (Fsp3) is 0.400. The van der Waals surface area contributed by atoms with Crippen LogP contribution < -0.4 is 5.73 Å². The van der Waals surface area contributed by atoms with E-state index in [2.05, 4.69) is 9.88 Å². The van der Waals surface area contributed by atoms with Crippen molar-refractivity contribution in [2.24, 2.45) is 11.7 Å². The van der Waals surface area contributed by atoms with Gasteiger partial charge < -0.3 is 10.2 Å². The molecule has 1 saturated heterocycles. The van der Waals surface area contributed by atoms with Gasteiger partial charge in [-0.2, -0.15) is 0 Å². The van der Waals surface area contributed by atoms with Crippen LogP contribution in [0.15, 0.2) is 34.9 Å². The Bertz CT molecular complexity index is 584. The van der Waals surface area contributed by atoms with Gasteiger partial charge in [0.05, 0.1) is 5.69 Å². The number of oxazole rings is 1. The minimum absolute atomic E-state index is 0.620. The quantitative estimate of drug-likeness (QED) is 0.941. The molecule has 1 aromatic heterocycles. The van der Waals surface area contributed by atoms with E-state index in [0.29, 0.717) is 16.8 Å². The molecule has 1 aliphatic heterocycles. The second-order valence-corrected chi connectivity index (χ2v) is 5.72. The first-order valence-corrected chi connectivity index (χ1v) is 7.25. The standard InChI is InChI=1S/C15H18ClN3O/c16-13-3-1-2-12(6-13)15-18-14(10-20-15)9-19-5-4-11(7-17)8-19/h1-3,6,10-11H,4-5,7-9,17H2. The number of benzene rings is 1. The molecule has 2 N–H and O–H groups in total. The average molecular weight is 292 g/mol. The van der Waals surface area contributed by atoms with Gasteiger partial charge in [0.25, 0.3) is 0 Å². The Balaban J connectivity index is 1.68. The zero-order valence-electron chi connectivity index (χ0n) is 11.3. The van der Waals surface area contributed by atoms with Crippen LogP contribution in [-0.2, 0) is 6.54 Å². The van der Waals surface area contributed by atoms with Crippen molar-refractivity contribution in [3.8, 4) is 11.5 Å². The van der Waals surface area contributed by atoms with Crippen LogP contribution in [0.25, 0.3) is 11.5 Å². The van der Waals surface area contributed by atoms with Crippen LogP contribution in [0, 0.1) is 5.92 Å². The molecule has 3 rings (SSSR count). The molecular formula is C15H18ClN3O. The first-order chi connectivity index (χ1) is 9.74. The Morgan fingerprint density at radius 2 is 2.35 bits per heavy atom. The van der Waals surface area contributed by atoms with E-state index in [1.165, 1.54) is 6.42 Å². The zero-order valence-corrected chi connectivity index (χ0v) is 12.0. The fourth-order valence-corrected chi connectivity index (χ4v) is 2.80. The predicted octanol–water partition coefficient (Wildman–Crippen LogP) is 2.78. The molecule has 106 valence electrons. The third-order valence-corrected chi connectivity index (χ3v) is 3.95. The molecule has 4 nitrogen and oxygen atoms in total. The maximum absolute atomic E-state index is 5.98. The lowest BCUT2D eigenvalue weighted by Crippen LogP contribution is -2.22. The van der Waals surface area contributed by atoms with Crippen LogP contribution in [-0.4, -0.2) is 29.5 Å². The second-order valence-electron chi connectivity index (χ2n) is 5.28. The van der Waals surface area contributed by atoms with Gasteiger partial charge in [-0.25, -0.2) is 4.98 Å². The molecule has 5 heteroatoms. The fourth-order valence-electron chi connectivity index (χ4n) is 2.61. The maximum Gasteiger partial charge on any atom is 0.226 e. The number of nitrogens with zero attached hydrogens (tertiary/aromatic N) is 2. The molecule has 2 aromatic rings. The number of halogens is 1. The van der Waals surface area contributed by atoms with E-state index in [0.717, 1.165) is 37.4 Å². The van der Waals surface area contributed by atoms with Crippen LogP contribution in [0.2, 0.25) is 5.02 Å². The summed E-state index contributed by atoms with van der Waals surface area (Å²) in [5.41, 5.74) is 7.57. The van der Waals surface area contributed by atoms with Gasteiger partial charge in [-0.1, -0.05) is 17.7 Å². The summed E-state index contributed by atoms with van der Waals surface area (Å²) in [6.45, 7) is 3.72. The summed E-state index contributed by atoms with van der Waals surface area (Å²) in [7, 11) is 0. The van der Waals surface area contributed by atoms with Crippen molar-refractivity contribution in [1.82, 2.24) is 9.88 Å². The van der Waals surface area contributed by atoms with E-state index < -0.39 is 0 Å². The molecule has 1 aliphatic rings. The summed E-state index contributed by atoms with van der Waals surface area (Å²) < 4.78 is 5.55. The molecule has 1 aromatic carbocycles. The van der Waals surface area contributed by atoms with Gasteiger partial charge >= 0.3 is 0 Å². The van der Waals surface area contributed by atoms with Gasteiger partial charge in [-0.05, 0) is 43.6 Å². The van der Waals surface area contributed by atoms with Crippen LogP contribution in [0.4, 0.5) is 0 Å². The van der Waals surface area contributed by atoms with Crippen molar-refractivity contribution in [2.75, 3.05) is 19.6 Å². The Kier molecular flexibility index (Phi) is 4.05. The lowest BCUT2D eigenvalue weighted by molar-refractivity contribution is 0.313. The number of hydrogen-bond acceptors (Lipinski definition) is 4. The molecule has 0 spiro atoms. The van der Waals surface area contributed by atoms with Crippen molar-refractivity contribution in [3.05, 3.63) is 41.2 Å². The molecule has 0 bridgehead atoms. The Morgan fingerprint density at radius 1 is 1.45 bits per heavy atom. The zero-order chi connectivity index (χ0) is 13.9. The highest BCUT2D eigenvalue weighted by molar-refractivity contribution is 6.30. The number of nitrogens with two attached hydrogens (primary N) is 1. The monoisotopic (exact) mass is 291 g/mol. The number of likely N-dealkylation sites (tertiary alicyclic amines) is 1. The van der Waals surface area contributed by atoms with Crippen LogP contribution in [0.1, 0.15) is 12.1 Å². The van der Waals surface area contributed by atoms with Gasteiger partial charge in [0, 0.05) is 23.7 Å². The highest BCUT2D eigenvalue weighted by atomic mass is 35.5. The molecule has 0 radical (unpaired) electrons. The summed E-state index contributed by atoms with van der Waals surface area (Å²) in [6.07, 6.45) is 2.90. The highest BCUT2D eigenvalue weighted by Gasteiger charge is 2.22. The van der Waals surface area contributed by atoms with E-state index in [4.69, 9.17) is 21.8 Å². The Morgan fingerprint density at radius 3 is 3.10 bits per heavy atom. The largest absolute Gasteiger partial charge is 0.444 e. The second kappa shape index (κ2) is 5.95. The van der Waals surface area contributed by atoms with Gasteiger partial charge in [0.15, 0.2) is 0 Å². The molecule has 0 saturated carbocycles. The number of aromatic nitrogens is 1. The average Bonchev–Trinajstić information content (AvgIpc) is 3.08. The Hall–Kier alpha value is -1.36. The molecule has 0 amide bonds. The number of rotatable bonds is 4. The van der Waals surface area contributed by atoms with Crippen LogP contribution in [0.3, 0.4) is 0 Å². The van der Waals surface area contributed by atoms with Crippen molar-refractivity contribution in [3.63, 3.8) is 0 Å². The van der Waals surface area contributed by atoms with Gasteiger partial charge in [-0.3, -0.25) is 4.90 Å². The third-order valence-electron chi connectivity index (χ3n) is 3.71. The smallest absolute Gasteiger partial charge is 0.226 e. The van der Waals surface area contributed by atoms with E-state index in [1.54, 1.807) is 6.26 Å². The molecule has 2 heterocycles. The predicted molar refractivity (Wildman–Crippen MR) is 79.4 cm³/mol. The molecule has 0 aliphatic carbocycles. The lowest BCUT2D eigenvalue weighted by Gasteiger charge is -2.13. The molecule has 1 unspecified atom stereocenters. The van der Waals surface area contributed by atoms with Crippen molar-refractivity contribution in [1.29, 1.82) is 0 Å². The number of hydrogen-bond donors (Lipinski definition) is 1. The first-order valence-electron chi connectivity index (χ1n) is 6.87. The first kappa shape index (κ1) is 13.6. The van der Waals surface area contributed by atoms with Crippen LogP contribution in [0.5, 0.6) is 0 Å². The molecular weight excluding hydrogens is 274 g/mol. The summed E-state index contributed by atoms with van der Waals surface area (Å²) in [6, 6.07) is 7.54. The minimum atomic E-state index is 0.620. The van der Waals surface area contributed by atoms with E-state index >= 15 is 0 Å². The SMILES string of the molecule is NCC1CCN(Cc2coc(-c3cccc(Cl)c3)n2)C1. The van der Waals surface area contributed by atoms with Crippen molar-refractivity contribution >= 4 is 11.6 Å². The molecule has 1 atom stereocenters. The summed E-state index contributed by atoms with van der Waals surface area (Å²) in [4.78, 5) is 6.91. The normalized spacial score (nSPS) is 19.6. The minimum Gasteiger partial charge on any atom is -0.444 e. The third kappa shape index (κ3) is 3.03. The summed E-state index contributed by atoms with van der Waals surface area (Å²) in [5, 5.41) is 0.688. The summed E-state index contributed by atoms with van der Waals surface area (Å²) >= 11 is 5.98. The van der Waals surface area contributed by atoms with Gasteiger partial charge in [0.1, 0.15) is 6.26 Å². The van der Waals surface area contributed by atoms with E-state index in [1.807, 2.05) is 24.3 Å². The van der Waals surface area contributed by atoms with E-state index in [9.17, 15) is 0 Å². The topological polar surface area (TPSA) is 55.3 Å². The van der Waals surface area contributed by atoms with Gasteiger partial charge in [0.2, 0.25) is 5.89 Å². The van der Waals surface area contributed by atoms with Crippen LogP contribution >= 0.6 is 11.6 Å². The highest BCUT2D eigenvalue weighted by Crippen LogP contribution is 2.23. The molecule has 20 heavy (non-hydrogen) atoms. The summed E-state index contributed by atoms with van der Waals surface area (Å²) in [5.74, 6) is 1.24. The Labute approximate surface area is 123 Å². The van der Waals surface area contributed by atoms with Gasteiger partial charge in [-0.15, -0.1) is 0 Å². The lowest BCUT2D eigenvalue weighted by atomic mass is 10.1. The van der Waals surface area contributed by atoms with Crippen molar-refractivity contribution in [2.45, 2.75) is 13.0 Å². The van der Waals surface area contributed by atoms with E-state index in [-0.39, 0.29) is 0 Å². The van der Waals surface area contributed by atoms with Crippen molar-refractivity contribution < 1.29 is 4.42 Å². The molecule has 1 fully saturated rings. The maximum atomic E-state index is 5.98.